The van der Waals surface area contributed by atoms with Crippen LogP contribution in [0.15, 0.2) is 32.5 Å². The zero-order valence-electron chi connectivity index (χ0n) is 11.3. The Morgan fingerprint density at radius 2 is 2.38 bits per heavy atom. The summed E-state index contributed by atoms with van der Waals surface area (Å²) in [6, 6.07) is 3.65. The van der Waals surface area contributed by atoms with Crippen molar-refractivity contribution >= 4 is 55.2 Å². The van der Waals surface area contributed by atoms with Crippen LogP contribution in [0.4, 0.5) is 14.2 Å². The van der Waals surface area contributed by atoms with Gasteiger partial charge in [0.2, 0.25) is 5.00 Å². The van der Waals surface area contributed by atoms with Gasteiger partial charge >= 0.3 is 6.03 Å². The number of urea groups is 1. The molecule has 0 bridgehead atoms. The average molecular weight is 391 g/mol. The summed E-state index contributed by atoms with van der Waals surface area (Å²) in [6.45, 7) is 0.602. The van der Waals surface area contributed by atoms with Gasteiger partial charge in [0.05, 0.1) is 17.4 Å². The number of quaternary nitrogens is 1. The summed E-state index contributed by atoms with van der Waals surface area (Å²) in [5.74, 6) is 0. The van der Waals surface area contributed by atoms with Crippen molar-refractivity contribution < 1.29 is 9.18 Å². The summed E-state index contributed by atoms with van der Waals surface area (Å²) in [7, 11) is 1.99. The monoisotopic (exact) mass is 390 g/mol. The Hall–Kier alpha value is -0.700. The van der Waals surface area contributed by atoms with Crippen LogP contribution < -0.4 is 4.48 Å². The van der Waals surface area contributed by atoms with Gasteiger partial charge in [-0.05, 0) is 40.2 Å². The number of thiophene rings is 1. The summed E-state index contributed by atoms with van der Waals surface area (Å²) in [6.07, 6.45) is 1.49. The number of aliphatic imine (C=N–C) groups is 1. The number of carbonyl (C=O) groups excluding carboxylic acids is 1. The molecule has 0 radical (unpaired) electrons. The van der Waals surface area contributed by atoms with Crippen molar-refractivity contribution in [3.05, 3.63) is 27.5 Å². The van der Waals surface area contributed by atoms with Crippen LogP contribution in [0.5, 0.6) is 0 Å². The van der Waals surface area contributed by atoms with Gasteiger partial charge in [-0.2, -0.15) is 0 Å². The second-order valence-corrected chi connectivity index (χ2v) is 8.38. The van der Waals surface area contributed by atoms with Gasteiger partial charge in [0.15, 0.2) is 0 Å². The van der Waals surface area contributed by atoms with Crippen molar-refractivity contribution in [1.29, 1.82) is 0 Å². The number of halogens is 2. The molecule has 1 fully saturated rings. The van der Waals surface area contributed by atoms with E-state index in [1.807, 2.05) is 30.8 Å². The normalized spacial score (nSPS) is 30.5. The Labute approximate surface area is 139 Å². The minimum absolute atomic E-state index is 0.155. The third kappa shape index (κ3) is 2.94. The fourth-order valence-electron chi connectivity index (χ4n) is 2.28. The van der Waals surface area contributed by atoms with Gasteiger partial charge in [0.25, 0.3) is 5.17 Å². The Morgan fingerprint density at radius 1 is 1.57 bits per heavy atom. The molecule has 0 N–H and O–H groups in total. The first-order chi connectivity index (χ1) is 9.99. The predicted molar refractivity (Wildman–Crippen MR) is 90.4 cm³/mol. The Morgan fingerprint density at radius 3 is 3.00 bits per heavy atom. The molecule has 0 saturated carbocycles. The fraction of sp³-hybridized carbons (Fsp3) is 0.385. The SMILES string of the molecule is C[N+]1(c2ccc(Br)s2)C=CS/C1=N\C(=O)N1CC[C@@H](F)C1. The van der Waals surface area contributed by atoms with E-state index in [1.54, 1.807) is 11.3 Å². The fourth-order valence-corrected chi connectivity index (χ4v) is 4.71. The van der Waals surface area contributed by atoms with E-state index in [9.17, 15) is 9.18 Å². The van der Waals surface area contributed by atoms with Gasteiger partial charge in [-0.1, -0.05) is 11.3 Å². The maximum absolute atomic E-state index is 13.2. The number of hydrogen-bond acceptors (Lipinski definition) is 3. The third-order valence-electron chi connectivity index (χ3n) is 3.54. The molecule has 0 aromatic carbocycles. The van der Waals surface area contributed by atoms with Crippen molar-refractivity contribution in [1.82, 2.24) is 9.38 Å². The van der Waals surface area contributed by atoms with E-state index in [4.69, 9.17) is 0 Å². The number of alkyl halides is 1. The van der Waals surface area contributed by atoms with Gasteiger partial charge < -0.3 is 4.90 Å². The number of rotatable bonds is 1. The van der Waals surface area contributed by atoms with Crippen LogP contribution in [0.3, 0.4) is 0 Å². The first-order valence-corrected chi connectivity index (χ1v) is 8.96. The molecule has 8 heteroatoms. The van der Waals surface area contributed by atoms with Gasteiger partial charge in [0.1, 0.15) is 12.4 Å². The Balaban J connectivity index is 1.84. The molecule has 4 nitrogen and oxygen atoms in total. The molecule has 3 rings (SSSR count). The second-order valence-electron chi connectivity index (χ2n) is 5.07. The van der Waals surface area contributed by atoms with E-state index in [-0.39, 0.29) is 12.6 Å². The molecule has 3 heterocycles. The van der Waals surface area contributed by atoms with Gasteiger partial charge in [-0.3, -0.25) is 0 Å². The molecule has 0 aliphatic carbocycles. The third-order valence-corrected chi connectivity index (χ3v) is 6.28. The Bertz CT molecular complexity index is 633. The molecule has 2 aliphatic heterocycles. The maximum Gasteiger partial charge on any atom is 0.349 e. The van der Waals surface area contributed by atoms with Crippen molar-refractivity contribution in [2.45, 2.75) is 12.6 Å². The number of carbonyl (C=O) groups is 1. The highest BCUT2D eigenvalue weighted by Crippen LogP contribution is 2.39. The van der Waals surface area contributed by atoms with Crippen LogP contribution in [0.2, 0.25) is 0 Å². The van der Waals surface area contributed by atoms with E-state index in [2.05, 4.69) is 20.9 Å². The van der Waals surface area contributed by atoms with Crippen LogP contribution >= 0.6 is 39.0 Å². The standard InChI is InChI=1S/C13H14BrFN3OS2/c1-18(11-3-2-10(14)21-11)6-7-20-13(18)16-12(19)17-5-4-9(15)8-17/h2-3,6-7,9H,4-5,8H2,1H3/q+1/b16-13-/t9-,18?/m1/s1. The van der Waals surface area contributed by atoms with Crippen molar-refractivity contribution in [3.8, 4) is 0 Å². The lowest BCUT2D eigenvalue weighted by Gasteiger charge is -2.23. The highest BCUT2D eigenvalue weighted by atomic mass is 79.9. The summed E-state index contributed by atoms with van der Waals surface area (Å²) >= 11 is 6.49. The summed E-state index contributed by atoms with van der Waals surface area (Å²) in [5, 5.41) is 3.69. The second kappa shape index (κ2) is 5.83. The minimum atomic E-state index is -0.919. The van der Waals surface area contributed by atoms with E-state index in [0.29, 0.717) is 22.6 Å². The van der Waals surface area contributed by atoms with Crippen LogP contribution in [0.1, 0.15) is 6.42 Å². The van der Waals surface area contributed by atoms with Crippen LogP contribution in [0.25, 0.3) is 0 Å². The highest BCUT2D eigenvalue weighted by Gasteiger charge is 2.38. The summed E-state index contributed by atoms with van der Waals surface area (Å²) in [5.41, 5.74) is 0. The molecule has 1 aromatic heterocycles. The highest BCUT2D eigenvalue weighted by molar-refractivity contribution is 9.11. The number of likely N-dealkylation sites (tertiary alicyclic amines) is 1. The number of nitrogens with zero attached hydrogens (tertiary/aromatic N) is 3. The zero-order chi connectivity index (χ0) is 15.0. The van der Waals surface area contributed by atoms with Crippen molar-refractivity contribution in [2.75, 3.05) is 20.1 Å². The van der Waals surface area contributed by atoms with Gasteiger partial charge in [0, 0.05) is 18.0 Å². The quantitative estimate of drug-likeness (QED) is 0.673. The lowest BCUT2D eigenvalue weighted by molar-refractivity contribution is 0.214. The molecular formula is C13H14BrFN3OS2+. The van der Waals surface area contributed by atoms with E-state index in [0.717, 1.165) is 8.79 Å². The lowest BCUT2D eigenvalue weighted by atomic mass is 10.3. The average Bonchev–Trinajstić information content (AvgIpc) is 3.13. The Kier molecular flexibility index (Phi) is 4.22. The number of amidine groups is 1. The van der Waals surface area contributed by atoms with Crippen molar-refractivity contribution in [3.63, 3.8) is 0 Å². The lowest BCUT2D eigenvalue weighted by Crippen LogP contribution is -2.41. The zero-order valence-corrected chi connectivity index (χ0v) is 14.5. The molecular weight excluding hydrogens is 377 g/mol. The first kappa shape index (κ1) is 15.2. The maximum atomic E-state index is 13.2. The summed E-state index contributed by atoms with van der Waals surface area (Å²) < 4.78 is 14.6. The largest absolute Gasteiger partial charge is 0.349 e. The number of amides is 2. The topological polar surface area (TPSA) is 32.7 Å². The molecule has 2 amide bonds. The van der Waals surface area contributed by atoms with Gasteiger partial charge in [-0.15, -0.1) is 4.99 Å². The van der Waals surface area contributed by atoms with Gasteiger partial charge in [-0.25, -0.2) is 13.7 Å². The molecule has 1 aromatic rings. The van der Waals surface area contributed by atoms with E-state index in [1.165, 1.54) is 16.7 Å². The number of hydrogen-bond donors (Lipinski definition) is 0. The summed E-state index contributed by atoms with van der Waals surface area (Å²) in [4.78, 5) is 17.9. The predicted octanol–water partition coefficient (Wildman–Crippen LogP) is 4.19. The van der Waals surface area contributed by atoms with E-state index < -0.39 is 6.17 Å². The van der Waals surface area contributed by atoms with Crippen LogP contribution in [0, 0.1) is 0 Å². The smallest absolute Gasteiger partial charge is 0.320 e. The first-order valence-electron chi connectivity index (χ1n) is 6.48. The molecule has 112 valence electrons. The molecule has 0 spiro atoms. The number of thioether (sulfide) groups is 1. The molecule has 2 atom stereocenters. The molecule has 2 aliphatic rings. The van der Waals surface area contributed by atoms with Crippen molar-refractivity contribution in [2.24, 2.45) is 4.99 Å². The van der Waals surface area contributed by atoms with Crippen LogP contribution in [-0.2, 0) is 0 Å². The molecule has 1 unspecified atom stereocenters. The minimum Gasteiger partial charge on any atom is -0.320 e. The molecule has 1 saturated heterocycles. The van der Waals surface area contributed by atoms with E-state index >= 15 is 0 Å². The molecule has 21 heavy (non-hydrogen) atoms. The van der Waals surface area contributed by atoms with Crippen LogP contribution in [-0.4, -0.2) is 42.4 Å².